The van der Waals surface area contributed by atoms with Gasteiger partial charge in [-0.15, -0.1) is 0 Å². The minimum Gasteiger partial charge on any atom is -0.507 e. The number of carbonyl (C=O) groups is 1. The number of Topliss-reactive ketones (excluding diaryl/α,β-unsaturated/α-hetero) is 1. The van der Waals surface area contributed by atoms with Gasteiger partial charge in [-0.05, 0) is 31.9 Å². The Labute approximate surface area is 113 Å². The molecular formula is C15H20O4. The third-order valence-corrected chi connectivity index (χ3v) is 3.23. The summed E-state index contributed by atoms with van der Waals surface area (Å²) in [4.78, 5) is 11.5. The predicted molar refractivity (Wildman–Crippen MR) is 72.0 cm³/mol. The van der Waals surface area contributed by atoms with E-state index in [0.29, 0.717) is 24.3 Å². The lowest BCUT2D eigenvalue weighted by molar-refractivity contribution is 0.101. The van der Waals surface area contributed by atoms with Gasteiger partial charge < -0.3 is 14.6 Å². The Bertz CT molecular complexity index is 463. The first-order valence-electron chi connectivity index (χ1n) is 6.73. The maximum absolute atomic E-state index is 11.5. The van der Waals surface area contributed by atoms with Crippen LogP contribution in [-0.2, 0) is 11.2 Å². The number of benzene rings is 1. The van der Waals surface area contributed by atoms with E-state index >= 15 is 0 Å². The molecule has 1 saturated heterocycles. The van der Waals surface area contributed by atoms with Crippen molar-refractivity contribution in [3.63, 3.8) is 0 Å². The molecule has 1 aliphatic heterocycles. The molecule has 2 rings (SSSR count). The van der Waals surface area contributed by atoms with Crippen LogP contribution < -0.4 is 4.74 Å². The summed E-state index contributed by atoms with van der Waals surface area (Å²) < 4.78 is 10.8. The minimum atomic E-state index is -0.132. The summed E-state index contributed by atoms with van der Waals surface area (Å²) >= 11 is 0. The Morgan fingerprint density at radius 2 is 2.26 bits per heavy atom. The first-order chi connectivity index (χ1) is 9.13. The summed E-state index contributed by atoms with van der Waals surface area (Å²) in [6, 6.07) is 3.39. The second-order valence-electron chi connectivity index (χ2n) is 4.86. The molecule has 104 valence electrons. The van der Waals surface area contributed by atoms with Crippen molar-refractivity contribution < 1.29 is 19.4 Å². The first-order valence-corrected chi connectivity index (χ1v) is 6.73. The number of phenolic OH excluding ortho intramolecular Hbond substituents is 1. The zero-order valence-corrected chi connectivity index (χ0v) is 11.4. The molecule has 1 unspecified atom stereocenters. The van der Waals surface area contributed by atoms with Gasteiger partial charge in [-0.1, -0.05) is 13.3 Å². The summed E-state index contributed by atoms with van der Waals surface area (Å²) in [5.74, 6) is 0.592. The Morgan fingerprint density at radius 3 is 2.84 bits per heavy atom. The number of rotatable bonds is 7. The maximum Gasteiger partial charge on any atom is 0.163 e. The number of hydrogen-bond acceptors (Lipinski definition) is 4. The van der Waals surface area contributed by atoms with Crippen molar-refractivity contribution in [1.82, 2.24) is 0 Å². The number of ether oxygens (including phenoxy) is 2. The zero-order chi connectivity index (χ0) is 13.8. The highest BCUT2D eigenvalue weighted by Gasteiger charge is 2.24. The van der Waals surface area contributed by atoms with Crippen LogP contribution in [0.15, 0.2) is 12.1 Å². The highest BCUT2D eigenvalue weighted by molar-refractivity contribution is 5.97. The van der Waals surface area contributed by atoms with Gasteiger partial charge in [0.25, 0.3) is 0 Å². The van der Waals surface area contributed by atoms with Crippen molar-refractivity contribution in [2.75, 3.05) is 13.2 Å². The van der Waals surface area contributed by atoms with E-state index in [1.807, 2.05) is 0 Å². The highest BCUT2D eigenvalue weighted by atomic mass is 16.6. The van der Waals surface area contributed by atoms with E-state index < -0.39 is 0 Å². The fourth-order valence-electron chi connectivity index (χ4n) is 1.98. The van der Waals surface area contributed by atoms with Gasteiger partial charge in [-0.3, -0.25) is 4.79 Å². The van der Waals surface area contributed by atoms with Gasteiger partial charge in [0, 0.05) is 5.56 Å². The monoisotopic (exact) mass is 264 g/mol. The Hall–Kier alpha value is -1.55. The van der Waals surface area contributed by atoms with Crippen LogP contribution in [0.1, 0.15) is 42.6 Å². The van der Waals surface area contributed by atoms with E-state index in [9.17, 15) is 9.90 Å². The lowest BCUT2D eigenvalue weighted by Gasteiger charge is -2.14. The molecule has 1 aliphatic rings. The summed E-state index contributed by atoms with van der Waals surface area (Å²) in [5.41, 5.74) is 1.09. The standard InChI is InChI=1S/C15H20O4/c1-3-4-5-13-14(19-9-11-8-18-11)7-6-12(10(2)16)15(13)17/h6-7,11,17H,3-5,8-9H2,1-2H3. The number of carbonyl (C=O) groups excluding carboxylic acids is 1. The molecule has 0 aromatic heterocycles. The Kier molecular flexibility index (Phi) is 4.43. The lowest BCUT2D eigenvalue weighted by Crippen LogP contribution is -2.07. The van der Waals surface area contributed by atoms with E-state index in [1.54, 1.807) is 12.1 Å². The van der Waals surface area contributed by atoms with Crippen molar-refractivity contribution >= 4 is 5.78 Å². The summed E-state index contributed by atoms with van der Waals surface area (Å²) in [6.07, 6.45) is 2.86. The Balaban J connectivity index is 2.23. The van der Waals surface area contributed by atoms with E-state index in [4.69, 9.17) is 9.47 Å². The number of aromatic hydroxyl groups is 1. The van der Waals surface area contributed by atoms with Gasteiger partial charge >= 0.3 is 0 Å². The summed E-state index contributed by atoms with van der Waals surface area (Å²) in [6.45, 7) is 4.78. The fraction of sp³-hybridized carbons (Fsp3) is 0.533. The molecule has 0 radical (unpaired) electrons. The zero-order valence-electron chi connectivity index (χ0n) is 11.4. The molecule has 1 N–H and O–H groups in total. The molecule has 0 spiro atoms. The van der Waals surface area contributed by atoms with Crippen molar-refractivity contribution in [2.45, 2.75) is 39.2 Å². The predicted octanol–water partition coefficient (Wildman–Crippen LogP) is 2.72. The second kappa shape index (κ2) is 6.06. The van der Waals surface area contributed by atoms with Crippen LogP contribution in [0.25, 0.3) is 0 Å². The molecule has 0 saturated carbocycles. The van der Waals surface area contributed by atoms with Crippen molar-refractivity contribution in [3.05, 3.63) is 23.3 Å². The van der Waals surface area contributed by atoms with E-state index in [1.165, 1.54) is 6.92 Å². The van der Waals surface area contributed by atoms with Gasteiger partial charge in [0.05, 0.1) is 12.2 Å². The van der Waals surface area contributed by atoms with Crippen molar-refractivity contribution in [3.8, 4) is 11.5 Å². The molecule has 19 heavy (non-hydrogen) atoms. The molecule has 1 fully saturated rings. The smallest absolute Gasteiger partial charge is 0.163 e. The molecule has 1 aromatic carbocycles. The van der Waals surface area contributed by atoms with Gasteiger partial charge in [0.1, 0.15) is 24.2 Å². The first kappa shape index (κ1) is 13.9. The van der Waals surface area contributed by atoms with Gasteiger partial charge in [-0.25, -0.2) is 0 Å². The average molecular weight is 264 g/mol. The van der Waals surface area contributed by atoms with Gasteiger partial charge in [0.15, 0.2) is 5.78 Å². The summed E-state index contributed by atoms with van der Waals surface area (Å²) in [5, 5.41) is 10.2. The molecule has 4 heteroatoms. The van der Waals surface area contributed by atoms with E-state index in [2.05, 4.69) is 6.92 Å². The SMILES string of the molecule is CCCCc1c(OCC2CO2)ccc(C(C)=O)c1O. The fourth-order valence-corrected chi connectivity index (χ4v) is 1.98. The van der Waals surface area contributed by atoms with Crippen LogP contribution in [0.2, 0.25) is 0 Å². The molecule has 0 amide bonds. The second-order valence-corrected chi connectivity index (χ2v) is 4.86. The number of epoxide rings is 1. The molecule has 1 aromatic rings. The largest absolute Gasteiger partial charge is 0.507 e. The van der Waals surface area contributed by atoms with Crippen LogP contribution in [-0.4, -0.2) is 30.2 Å². The molecule has 0 bridgehead atoms. The third kappa shape index (κ3) is 3.47. The topological polar surface area (TPSA) is 59.1 Å². The van der Waals surface area contributed by atoms with Crippen molar-refractivity contribution in [1.29, 1.82) is 0 Å². The molecule has 0 aliphatic carbocycles. The van der Waals surface area contributed by atoms with Crippen LogP contribution in [0, 0.1) is 0 Å². The van der Waals surface area contributed by atoms with E-state index in [-0.39, 0.29) is 17.6 Å². The maximum atomic E-state index is 11.5. The van der Waals surface area contributed by atoms with Crippen LogP contribution in [0.4, 0.5) is 0 Å². The average Bonchev–Trinajstić information content (AvgIpc) is 3.18. The number of unbranched alkanes of at least 4 members (excludes halogenated alkanes) is 1. The van der Waals surface area contributed by atoms with E-state index in [0.717, 1.165) is 25.0 Å². The molecular weight excluding hydrogens is 244 g/mol. The Morgan fingerprint density at radius 1 is 1.53 bits per heavy atom. The molecule has 4 nitrogen and oxygen atoms in total. The van der Waals surface area contributed by atoms with Gasteiger partial charge in [-0.2, -0.15) is 0 Å². The van der Waals surface area contributed by atoms with Crippen LogP contribution >= 0.6 is 0 Å². The quantitative estimate of drug-likeness (QED) is 0.607. The minimum absolute atomic E-state index is 0.0650. The number of ketones is 1. The van der Waals surface area contributed by atoms with Crippen LogP contribution in [0.5, 0.6) is 11.5 Å². The summed E-state index contributed by atoms with van der Waals surface area (Å²) in [7, 11) is 0. The number of hydrogen-bond donors (Lipinski definition) is 1. The molecule has 1 atom stereocenters. The van der Waals surface area contributed by atoms with Crippen molar-refractivity contribution in [2.24, 2.45) is 0 Å². The molecule has 1 heterocycles. The third-order valence-electron chi connectivity index (χ3n) is 3.23. The van der Waals surface area contributed by atoms with Gasteiger partial charge in [0.2, 0.25) is 0 Å². The normalized spacial score (nSPS) is 17.3. The number of phenols is 1. The highest BCUT2D eigenvalue weighted by Crippen LogP contribution is 2.33. The lowest BCUT2D eigenvalue weighted by atomic mass is 10.0. The van der Waals surface area contributed by atoms with Crippen LogP contribution in [0.3, 0.4) is 0 Å².